The molecule has 1 saturated carbocycles. The summed E-state index contributed by atoms with van der Waals surface area (Å²) in [5.74, 6) is 0.233. The van der Waals surface area contributed by atoms with E-state index in [4.69, 9.17) is 14.2 Å². The van der Waals surface area contributed by atoms with Gasteiger partial charge in [-0.25, -0.2) is 4.39 Å². The van der Waals surface area contributed by atoms with Crippen LogP contribution in [0.4, 0.5) is 22.0 Å². The summed E-state index contributed by atoms with van der Waals surface area (Å²) in [5.41, 5.74) is -0.421. The minimum absolute atomic E-state index is 0.00731. The predicted molar refractivity (Wildman–Crippen MR) is 151 cm³/mol. The first-order valence-corrected chi connectivity index (χ1v) is 14.8. The van der Waals surface area contributed by atoms with Crippen LogP contribution >= 0.6 is 0 Å². The zero-order valence-corrected chi connectivity index (χ0v) is 23.9. The van der Waals surface area contributed by atoms with Gasteiger partial charge in [-0.05, 0) is 92.8 Å². The highest BCUT2D eigenvalue weighted by Crippen LogP contribution is 2.37. The summed E-state index contributed by atoms with van der Waals surface area (Å²) in [6.45, 7) is 3.81. The molecule has 0 spiro atoms. The lowest BCUT2D eigenvalue weighted by Gasteiger charge is -2.37. The van der Waals surface area contributed by atoms with Crippen LogP contribution in [-0.2, 0) is 15.6 Å². The molecule has 0 aromatic heterocycles. The molecule has 230 valence electrons. The van der Waals surface area contributed by atoms with Crippen molar-refractivity contribution < 1.29 is 40.9 Å². The van der Waals surface area contributed by atoms with E-state index in [1.165, 1.54) is 37.5 Å². The first-order valence-electron chi connectivity index (χ1n) is 14.8. The average Bonchev–Trinajstić information content (AvgIpc) is 2.98. The summed E-state index contributed by atoms with van der Waals surface area (Å²) >= 11 is 0. The summed E-state index contributed by atoms with van der Waals surface area (Å²) in [4.78, 5) is 0. The van der Waals surface area contributed by atoms with Crippen LogP contribution < -0.4 is 9.47 Å². The van der Waals surface area contributed by atoms with Crippen LogP contribution in [0.2, 0.25) is 0 Å². The second kappa shape index (κ2) is 15.5. The molecule has 1 saturated heterocycles. The number of benzene rings is 2. The molecule has 9 heteroatoms. The number of halogens is 5. The average molecular weight is 595 g/mol. The first-order chi connectivity index (χ1) is 20.2. The largest absolute Gasteiger partial charge is 0.459 e. The van der Waals surface area contributed by atoms with Crippen molar-refractivity contribution in [1.29, 1.82) is 0 Å². The maximum Gasteiger partial charge on any atom is 0.429 e. The van der Waals surface area contributed by atoms with E-state index in [-0.39, 0.29) is 24.1 Å². The van der Waals surface area contributed by atoms with E-state index in [0.717, 1.165) is 76.0 Å². The molecule has 1 heterocycles. The van der Waals surface area contributed by atoms with Crippen molar-refractivity contribution in [2.75, 3.05) is 13.2 Å². The van der Waals surface area contributed by atoms with Crippen LogP contribution in [0.15, 0.2) is 60.9 Å². The van der Waals surface area contributed by atoms with Gasteiger partial charge in [-0.2, -0.15) is 17.6 Å². The summed E-state index contributed by atoms with van der Waals surface area (Å²) in [5, 5.41) is 0. The molecule has 2 aromatic carbocycles. The van der Waals surface area contributed by atoms with Crippen molar-refractivity contribution >= 4 is 6.08 Å². The third kappa shape index (κ3) is 9.56. The fourth-order valence-electron chi connectivity index (χ4n) is 5.56. The maximum absolute atomic E-state index is 14.7. The number of allylic oxidation sites excluding steroid dienone is 1. The molecular weight excluding hydrogens is 555 g/mol. The summed E-state index contributed by atoms with van der Waals surface area (Å²) < 4.78 is 89.6. The molecule has 2 aliphatic rings. The predicted octanol–water partition coefficient (Wildman–Crippen LogP) is 9.85. The normalized spacial score (nSPS) is 23.1. The summed E-state index contributed by atoms with van der Waals surface area (Å²) in [6.07, 6.45) is 7.73. The van der Waals surface area contributed by atoms with Gasteiger partial charge in [-0.1, -0.05) is 38.0 Å². The Hall–Kier alpha value is -2.91. The molecule has 0 bridgehead atoms. The van der Waals surface area contributed by atoms with Crippen molar-refractivity contribution in [3.63, 3.8) is 0 Å². The van der Waals surface area contributed by atoms with Gasteiger partial charge >= 0.3 is 12.2 Å². The zero-order chi connectivity index (χ0) is 30.0. The maximum atomic E-state index is 14.7. The van der Waals surface area contributed by atoms with Crippen molar-refractivity contribution in [2.45, 2.75) is 77.1 Å². The Morgan fingerprint density at radius 2 is 1.62 bits per heavy atom. The zero-order valence-electron chi connectivity index (χ0n) is 23.9. The molecule has 4 rings (SSSR count). The molecule has 4 nitrogen and oxygen atoms in total. The Labute approximate surface area is 244 Å². The number of ether oxygens (including phenoxy) is 4. The molecule has 0 radical (unpaired) electrons. The van der Waals surface area contributed by atoms with Gasteiger partial charge in [-0.15, -0.1) is 0 Å². The number of alkyl halides is 2. The molecule has 2 fully saturated rings. The molecule has 0 atom stereocenters. The monoisotopic (exact) mass is 594 g/mol. The second-order valence-electron chi connectivity index (χ2n) is 11.2. The van der Waals surface area contributed by atoms with Gasteiger partial charge in [-0.3, -0.25) is 0 Å². The van der Waals surface area contributed by atoms with Crippen LogP contribution in [0, 0.1) is 23.6 Å². The van der Waals surface area contributed by atoms with Gasteiger partial charge in [0.2, 0.25) is 0 Å². The van der Waals surface area contributed by atoms with Gasteiger partial charge in [0.1, 0.15) is 17.3 Å². The highest BCUT2D eigenvalue weighted by Gasteiger charge is 2.37. The van der Waals surface area contributed by atoms with Gasteiger partial charge in [0.25, 0.3) is 0 Å². The van der Waals surface area contributed by atoms with Crippen LogP contribution in [0.25, 0.3) is 6.08 Å². The highest BCUT2D eigenvalue weighted by molar-refractivity contribution is 5.50. The third-order valence-electron chi connectivity index (χ3n) is 7.95. The minimum atomic E-state index is -3.94. The number of unbranched alkanes of at least 4 members (excludes halogenated alkanes) is 1. The molecular formula is C33H39F5O4. The Balaban J connectivity index is 1.19. The second-order valence-corrected chi connectivity index (χ2v) is 11.2. The molecule has 42 heavy (non-hydrogen) atoms. The van der Waals surface area contributed by atoms with Gasteiger partial charge in [0.05, 0.1) is 18.8 Å². The van der Waals surface area contributed by atoms with E-state index in [2.05, 4.69) is 11.7 Å². The Bertz CT molecular complexity index is 1160. The van der Waals surface area contributed by atoms with E-state index in [0.29, 0.717) is 23.3 Å². The first kappa shape index (κ1) is 32.0. The van der Waals surface area contributed by atoms with Crippen molar-refractivity contribution in [3.05, 3.63) is 77.8 Å². The minimum Gasteiger partial charge on any atom is -0.459 e. The van der Waals surface area contributed by atoms with Gasteiger partial charge < -0.3 is 18.9 Å². The van der Waals surface area contributed by atoms with E-state index in [1.54, 1.807) is 6.08 Å². The SMILES string of the molecule is CCCCC1COC(C2CCC(CCC=Cc3ccc(C(F)(F)Oc4ccc(OC=C(F)F)cc4)c(F)c3)CC2)OC1. The highest BCUT2D eigenvalue weighted by atomic mass is 19.3. The van der Waals surface area contributed by atoms with Crippen molar-refractivity contribution in [1.82, 2.24) is 0 Å². The van der Waals surface area contributed by atoms with E-state index in [9.17, 15) is 22.0 Å². The fourth-order valence-corrected chi connectivity index (χ4v) is 5.56. The van der Waals surface area contributed by atoms with Gasteiger partial charge in [0, 0.05) is 11.8 Å². The summed E-state index contributed by atoms with van der Waals surface area (Å²) in [7, 11) is 0. The standard InChI is InChI=1S/C33H39F5O4/c1-2-3-6-25-20-40-32(41-21-25)26-12-9-23(10-13-26)7-4-5-8-24-11-18-29(30(34)19-24)33(37,38)42-28-16-14-27(15-17-28)39-22-31(35)36/h5,8,11,14-19,22-23,25-26,32H,2-4,6-7,9-10,12-13,20-21H2,1H3. The lowest BCUT2D eigenvalue weighted by Crippen LogP contribution is -2.38. The topological polar surface area (TPSA) is 36.9 Å². The molecule has 2 aromatic rings. The molecule has 0 N–H and O–H groups in total. The number of rotatable bonds is 13. The van der Waals surface area contributed by atoms with Crippen molar-refractivity contribution in [3.8, 4) is 11.5 Å². The number of hydrogen-bond donors (Lipinski definition) is 0. The van der Waals surface area contributed by atoms with E-state index in [1.807, 2.05) is 6.08 Å². The number of hydrogen-bond acceptors (Lipinski definition) is 4. The molecule has 1 aliphatic heterocycles. The van der Waals surface area contributed by atoms with Gasteiger partial charge in [0.15, 0.2) is 12.6 Å². The Morgan fingerprint density at radius 1 is 0.929 bits per heavy atom. The molecule has 0 amide bonds. The lowest BCUT2D eigenvalue weighted by atomic mass is 9.79. The van der Waals surface area contributed by atoms with Crippen LogP contribution in [0.5, 0.6) is 11.5 Å². The summed E-state index contributed by atoms with van der Waals surface area (Å²) in [6, 6.07) is 8.09. The Kier molecular flexibility index (Phi) is 11.8. The van der Waals surface area contributed by atoms with Crippen LogP contribution in [0.3, 0.4) is 0 Å². The Morgan fingerprint density at radius 3 is 2.26 bits per heavy atom. The lowest BCUT2D eigenvalue weighted by molar-refractivity contribution is -0.230. The quantitative estimate of drug-likeness (QED) is 0.171. The smallest absolute Gasteiger partial charge is 0.429 e. The third-order valence-corrected chi connectivity index (χ3v) is 7.95. The van der Waals surface area contributed by atoms with Crippen LogP contribution in [-0.4, -0.2) is 19.5 Å². The molecule has 1 aliphatic carbocycles. The van der Waals surface area contributed by atoms with Crippen LogP contribution in [0.1, 0.15) is 75.8 Å². The fraction of sp³-hybridized carbons (Fsp3) is 0.515. The van der Waals surface area contributed by atoms with E-state index < -0.39 is 23.6 Å². The van der Waals surface area contributed by atoms with E-state index >= 15 is 0 Å². The molecule has 0 unspecified atom stereocenters. The van der Waals surface area contributed by atoms with Crippen molar-refractivity contribution in [2.24, 2.45) is 17.8 Å².